The first-order valence-electron chi connectivity index (χ1n) is 11.0. The van der Waals surface area contributed by atoms with Crippen LogP contribution in [0.25, 0.3) is 0 Å². The average Bonchev–Trinajstić information content (AvgIpc) is 3.09. The van der Waals surface area contributed by atoms with Crippen LogP contribution in [0.4, 0.5) is 11.4 Å². The van der Waals surface area contributed by atoms with E-state index in [9.17, 15) is 9.90 Å². The molecule has 0 bridgehead atoms. The van der Waals surface area contributed by atoms with E-state index in [1.165, 1.54) is 11.1 Å². The maximum absolute atomic E-state index is 13.1. The monoisotopic (exact) mass is 424 g/mol. The van der Waals surface area contributed by atoms with Crippen molar-refractivity contribution in [2.45, 2.75) is 38.5 Å². The van der Waals surface area contributed by atoms with Crippen LogP contribution in [0.1, 0.15) is 38.8 Å². The molecular formula is C28H28N2O2. The van der Waals surface area contributed by atoms with Gasteiger partial charge in [0.25, 0.3) is 0 Å². The number of ketones is 1. The fourth-order valence-corrected chi connectivity index (χ4v) is 5.49. The highest BCUT2D eigenvalue weighted by molar-refractivity contribution is 6.24. The third-order valence-corrected chi connectivity index (χ3v) is 7.42. The number of rotatable bonds is 2. The number of Topliss-reactive ketones (excluding diaryl/α,β-unsaturated/α-hetero) is 1. The van der Waals surface area contributed by atoms with Crippen LogP contribution in [-0.2, 0) is 15.6 Å². The highest BCUT2D eigenvalue weighted by Crippen LogP contribution is 2.48. The van der Waals surface area contributed by atoms with E-state index in [-0.39, 0.29) is 33.5 Å². The van der Waals surface area contributed by atoms with Crippen LogP contribution in [-0.4, -0.2) is 30.2 Å². The summed E-state index contributed by atoms with van der Waals surface area (Å²) in [5, 5.41) is 13.1. The molecule has 0 atom stereocenters. The van der Waals surface area contributed by atoms with E-state index in [1.54, 1.807) is 12.2 Å². The summed E-state index contributed by atoms with van der Waals surface area (Å²) in [6.45, 7) is 8.54. The van der Waals surface area contributed by atoms with Crippen LogP contribution in [0.2, 0.25) is 0 Å². The van der Waals surface area contributed by atoms with Gasteiger partial charge in [-0.3, -0.25) is 4.79 Å². The molecule has 4 nitrogen and oxygen atoms in total. The van der Waals surface area contributed by atoms with E-state index in [0.29, 0.717) is 0 Å². The molecule has 2 heterocycles. The first-order chi connectivity index (χ1) is 15.1. The van der Waals surface area contributed by atoms with E-state index >= 15 is 0 Å². The Hall–Kier alpha value is -3.40. The Kier molecular flexibility index (Phi) is 4.20. The molecule has 0 aromatic heterocycles. The van der Waals surface area contributed by atoms with E-state index in [2.05, 4.69) is 61.4 Å². The Bertz CT molecular complexity index is 1320. The molecule has 5 rings (SSSR count). The highest BCUT2D eigenvalue weighted by Gasteiger charge is 2.44. The quantitative estimate of drug-likeness (QED) is 0.538. The van der Waals surface area contributed by atoms with Crippen LogP contribution in [0.5, 0.6) is 0 Å². The number of para-hydroxylation sites is 2. The maximum Gasteiger partial charge on any atom is 0.209 e. The topological polar surface area (TPSA) is 46.4 Å². The van der Waals surface area contributed by atoms with Crippen LogP contribution in [0.3, 0.4) is 0 Å². The van der Waals surface area contributed by atoms with Crippen molar-refractivity contribution in [2.75, 3.05) is 19.0 Å². The number of anilines is 1. The van der Waals surface area contributed by atoms with E-state index in [1.807, 2.05) is 38.4 Å². The Morgan fingerprint density at radius 1 is 0.906 bits per heavy atom. The average molecular weight is 425 g/mol. The highest BCUT2D eigenvalue weighted by atomic mass is 16.3. The molecule has 0 saturated heterocycles. The Morgan fingerprint density at radius 2 is 1.53 bits per heavy atom. The normalized spacial score (nSPS) is 23.2. The molecule has 162 valence electrons. The largest absolute Gasteiger partial charge is 0.871 e. The summed E-state index contributed by atoms with van der Waals surface area (Å²) in [6, 6.07) is 16.4. The summed E-state index contributed by atoms with van der Waals surface area (Å²) in [5.41, 5.74) is 6.56. The van der Waals surface area contributed by atoms with Crippen molar-refractivity contribution in [2.24, 2.45) is 0 Å². The summed E-state index contributed by atoms with van der Waals surface area (Å²) in [5.74, 6) is -0.342. The Labute approximate surface area is 189 Å². The fourth-order valence-electron chi connectivity index (χ4n) is 5.49. The second-order valence-corrected chi connectivity index (χ2v) is 9.95. The van der Waals surface area contributed by atoms with Gasteiger partial charge in [0, 0.05) is 52.7 Å². The van der Waals surface area contributed by atoms with Gasteiger partial charge in [-0.25, -0.2) is 0 Å². The number of likely N-dealkylation sites (N-methyl/N-ethyl adjacent to an activating group) is 1. The molecule has 0 amide bonds. The van der Waals surface area contributed by atoms with Gasteiger partial charge in [0.2, 0.25) is 5.69 Å². The number of allylic oxidation sites excluding steroid dienone is 5. The Morgan fingerprint density at radius 3 is 2.16 bits per heavy atom. The molecule has 2 aromatic rings. The molecule has 4 heteroatoms. The fraction of sp³-hybridized carbons (Fsp3) is 0.286. The summed E-state index contributed by atoms with van der Waals surface area (Å²) in [4.78, 5) is 15.2. The molecule has 32 heavy (non-hydrogen) atoms. The van der Waals surface area contributed by atoms with E-state index in [0.717, 1.165) is 22.8 Å². The summed E-state index contributed by atoms with van der Waals surface area (Å²) in [6.07, 6.45) is 3.59. The van der Waals surface area contributed by atoms with E-state index < -0.39 is 0 Å². The number of fused-ring (bicyclic) bond motifs is 2. The standard InChI is InChI=1S/C28H28N2O2/c1-27(2)19-11-7-9-13-21(19)29(5)23(27)15-17-25(31)18(26(17)32)16-24-28(3,4)20-12-8-10-14-22(20)30(24)6/h7-16H,1-6H3. The van der Waals surface area contributed by atoms with Crippen molar-refractivity contribution < 1.29 is 14.5 Å². The minimum atomic E-state index is -0.275. The van der Waals surface area contributed by atoms with Crippen LogP contribution in [0.15, 0.2) is 83.3 Å². The van der Waals surface area contributed by atoms with Gasteiger partial charge in [-0.2, -0.15) is 4.58 Å². The molecule has 0 saturated carbocycles. The second-order valence-electron chi connectivity index (χ2n) is 9.95. The maximum atomic E-state index is 13.1. The molecule has 1 aliphatic carbocycles. The number of nitrogens with zero attached hydrogens (tertiary/aromatic N) is 2. The third kappa shape index (κ3) is 2.56. The molecule has 0 unspecified atom stereocenters. The van der Waals surface area contributed by atoms with Crippen molar-refractivity contribution in [3.05, 3.63) is 94.4 Å². The van der Waals surface area contributed by atoms with Crippen molar-refractivity contribution in [3.63, 3.8) is 0 Å². The van der Waals surface area contributed by atoms with Crippen molar-refractivity contribution in [3.8, 4) is 0 Å². The summed E-state index contributed by atoms with van der Waals surface area (Å²) >= 11 is 0. The predicted octanol–water partition coefficient (Wildman–Crippen LogP) is 4.13. The number of benzene rings is 2. The molecule has 0 spiro atoms. The van der Waals surface area contributed by atoms with Crippen molar-refractivity contribution in [1.82, 2.24) is 0 Å². The lowest BCUT2D eigenvalue weighted by molar-refractivity contribution is -0.401. The van der Waals surface area contributed by atoms with Crippen LogP contribution in [0, 0.1) is 0 Å². The smallest absolute Gasteiger partial charge is 0.209 e. The van der Waals surface area contributed by atoms with Gasteiger partial charge >= 0.3 is 0 Å². The minimum Gasteiger partial charge on any atom is -0.871 e. The second kappa shape index (κ2) is 6.55. The molecule has 2 aromatic carbocycles. The van der Waals surface area contributed by atoms with Gasteiger partial charge in [0.15, 0.2) is 11.5 Å². The zero-order valence-electron chi connectivity index (χ0n) is 19.5. The molecular weight excluding hydrogens is 396 g/mol. The van der Waals surface area contributed by atoms with Crippen LogP contribution < -0.4 is 10.0 Å². The predicted molar refractivity (Wildman–Crippen MR) is 126 cm³/mol. The molecule has 0 radical (unpaired) electrons. The SMILES string of the molecule is CN1/C(=C\C2=C([O-])C(=C\C3=[N+](C)c4ccccc4C3(C)C)/C2=O)C(C)(C)c2ccccc21. The first-order valence-corrected chi connectivity index (χ1v) is 11.0. The van der Waals surface area contributed by atoms with Gasteiger partial charge in [-0.1, -0.05) is 56.0 Å². The number of carbonyl (C=O) groups is 1. The summed E-state index contributed by atoms with van der Waals surface area (Å²) < 4.78 is 2.09. The molecule has 3 aliphatic rings. The summed E-state index contributed by atoms with van der Waals surface area (Å²) in [7, 11) is 3.99. The van der Waals surface area contributed by atoms with Gasteiger partial charge in [-0.15, -0.1) is 0 Å². The van der Waals surface area contributed by atoms with Crippen molar-refractivity contribution in [1.29, 1.82) is 0 Å². The van der Waals surface area contributed by atoms with Gasteiger partial charge in [0.1, 0.15) is 7.05 Å². The lowest BCUT2D eigenvalue weighted by Gasteiger charge is -2.32. The zero-order chi connectivity index (χ0) is 23.0. The zero-order valence-corrected chi connectivity index (χ0v) is 19.5. The Balaban J connectivity index is 1.55. The molecule has 0 N–H and O–H groups in total. The third-order valence-electron chi connectivity index (χ3n) is 7.42. The van der Waals surface area contributed by atoms with Gasteiger partial charge in [0.05, 0.1) is 5.41 Å². The minimum absolute atomic E-state index is 0.171. The molecule has 2 aliphatic heterocycles. The number of carbonyl (C=O) groups excluding carboxylic acids is 1. The molecule has 0 fully saturated rings. The lowest BCUT2D eigenvalue weighted by Crippen LogP contribution is -2.34. The van der Waals surface area contributed by atoms with Crippen LogP contribution >= 0.6 is 0 Å². The van der Waals surface area contributed by atoms with Crippen molar-refractivity contribution >= 4 is 22.9 Å². The van der Waals surface area contributed by atoms with E-state index in [4.69, 9.17) is 0 Å². The van der Waals surface area contributed by atoms with Gasteiger partial charge < -0.3 is 10.0 Å². The lowest BCUT2D eigenvalue weighted by atomic mass is 9.77. The number of hydrogen-bond donors (Lipinski definition) is 0. The van der Waals surface area contributed by atoms with Gasteiger partial charge in [-0.05, 0) is 31.6 Å². The number of hydrogen-bond acceptors (Lipinski definition) is 3. The first kappa shape index (κ1) is 20.5.